The maximum atomic E-state index is 6.18. The number of fused-ring (bicyclic) bond motifs is 1. The number of hydrogen-bond acceptors (Lipinski definition) is 3. The summed E-state index contributed by atoms with van der Waals surface area (Å²) in [5.41, 5.74) is 3.17. The summed E-state index contributed by atoms with van der Waals surface area (Å²) in [7, 11) is 1.76. The van der Waals surface area contributed by atoms with Crippen molar-refractivity contribution in [2.24, 2.45) is 5.41 Å². The van der Waals surface area contributed by atoms with E-state index in [2.05, 4.69) is 35.6 Å². The van der Waals surface area contributed by atoms with E-state index in [1.807, 2.05) is 6.08 Å². The van der Waals surface area contributed by atoms with E-state index in [1.165, 1.54) is 11.1 Å². The molecule has 0 unspecified atom stereocenters. The van der Waals surface area contributed by atoms with E-state index in [0.717, 1.165) is 64.2 Å². The highest BCUT2D eigenvalue weighted by atomic mass is 16.7. The lowest BCUT2D eigenvalue weighted by atomic mass is 9.53. The fourth-order valence-corrected chi connectivity index (χ4v) is 6.13. The van der Waals surface area contributed by atoms with Gasteiger partial charge in [0.1, 0.15) is 18.5 Å². The summed E-state index contributed by atoms with van der Waals surface area (Å²) in [6.07, 6.45) is 9.84. The highest BCUT2D eigenvalue weighted by molar-refractivity contribution is 5.71. The predicted molar refractivity (Wildman–Crippen MR) is 100 cm³/mol. The number of hydrogen-bond donors (Lipinski definition) is 0. The molecule has 0 bridgehead atoms. The van der Waals surface area contributed by atoms with Crippen LogP contribution in [0.4, 0.5) is 0 Å². The highest BCUT2D eigenvalue weighted by Crippen LogP contribution is 2.64. The molecule has 1 aromatic rings. The first-order valence-electron chi connectivity index (χ1n) is 9.81. The SMILES string of the molecule is C=CC[N+]1=C[C@]23CCC4(C[C@]2(CC1)c1cc(OC)ccc1C3)OCCO4. The van der Waals surface area contributed by atoms with E-state index in [9.17, 15) is 0 Å². The molecule has 0 radical (unpaired) electrons. The van der Waals surface area contributed by atoms with Crippen molar-refractivity contribution in [3.05, 3.63) is 42.0 Å². The molecule has 2 aliphatic carbocycles. The summed E-state index contributed by atoms with van der Waals surface area (Å²) in [4.78, 5) is 0. The molecule has 1 aromatic carbocycles. The van der Waals surface area contributed by atoms with Gasteiger partial charge in [0.05, 0.1) is 25.7 Å². The Morgan fingerprint density at radius 2 is 2.08 bits per heavy atom. The van der Waals surface area contributed by atoms with E-state index in [-0.39, 0.29) is 16.6 Å². The Balaban J connectivity index is 1.66. The topological polar surface area (TPSA) is 30.7 Å². The Bertz CT molecular complexity index is 780. The van der Waals surface area contributed by atoms with Crippen LogP contribution in [-0.2, 0) is 21.3 Å². The minimum Gasteiger partial charge on any atom is -0.497 e. The van der Waals surface area contributed by atoms with Crippen molar-refractivity contribution >= 4 is 6.21 Å². The van der Waals surface area contributed by atoms with Gasteiger partial charge in [-0.25, -0.2) is 4.58 Å². The first kappa shape index (κ1) is 16.5. The Kier molecular flexibility index (Phi) is 3.60. The van der Waals surface area contributed by atoms with Gasteiger partial charge in [-0.1, -0.05) is 12.6 Å². The van der Waals surface area contributed by atoms with Gasteiger partial charge in [0.25, 0.3) is 0 Å². The summed E-state index contributed by atoms with van der Waals surface area (Å²) < 4.78 is 20.4. The molecule has 2 heterocycles. The number of methoxy groups -OCH3 is 1. The van der Waals surface area contributed by atoms with Crippen molar-refractivity contribution in [3.63, 3.8) is 0 Å². The van der Waals surface area contributed by atoms with Crippen LogP contribution in [0.3, 0.4) is 0 Å². The fraction of sp³-hybridized carbons (Fsp3) is 0.591. The van der Waals surface area contributed by atoms with Gasteiger partial charge in [-0.15, -0.1) is 0 Å². The molecule has 138 valence electrons. The quantitative estimate of drug-likeness (QED) is 0.617. The van der Waals surface area contributed by atoms with Crippen LogP contribution in [0, 0.1) is 5.41 Å². The summed E-state index contributed by atoms with van der Waals surface area (Å²) in [5, 5.41) is 0. The minimum atomic E-state index is -0.386. The molecule has 5 rings (SSSR count). The molecular weight excluding hydrogens is 326 g/mol. The van der Waals surface area contributed by atoms with E-state index in [4.69, 9.17) is 14.2 Å². The van der Waals surface area contributed by atoms with E-state index < -0.39 is 0 Å². The van der Waals surface area contributed by atoms with Crippen molar-refractivity contribution in [1.82, 2.24) is 0 Å². The smallest absolute Gasteiger partial charge is 0.169 e. The predicted octanol–water partition coefficient (Wildman–Crippen LogP) is 3.08. The molecule has 4 nitrogen and oxygen atoms in total. The maximum Gasteiger partial charge on any atom is 0.169 e. The zero-order valence-corrected chi connectivity index (χ0v) is 15.6. The standard InChI is InChI=1S/C22H28NO3/c1-3-9-23-10-8-21-15-22(25-11-12-26-22)7-6-20(21,16-23)14-17-4-5-18(24-2)13-19(17)21/h3-5,13,16H,1,6-12,14-15H2,2H3/q+1/t20-,21-/m1/s1. The van der Waals surface area contributed by atoms with Crippen molar-refractivity contribution in [3.8, 4) is 5.75 Å². The third-order valence-corrected chi connectivity index (χ3v) is 7.25. The van der Waals surface area contributed by atoms with Crippen LogP contribution in [-0.4, -0.2) is 50.0 Å². The van der Waals surface area contributed by atoms with Gasteiger partial charge in [-0.05, 0) is 42.2 Å². The summed E-state index contributed by atoms with van der Waals surface area (Å²) in [6, 6.07) is 6.66. The number of benzene rings is 1. The molecule has 4 heteroatoms. The lowest BCUT2D eigenvalue weighted by Crippen LogP contribution is -2.59. The van der Waals surface area contributed by atoms with E-state index >= 15 is 0 Å². The first-order valence-corrected chi connectivity index (χ1v) is 9.81. The van der Waals surface area contributed by atoms with Crippen LogP contribution >= 0.6 is 0 Å². The van der Waals surface area contributed by atoms with Crippen LogP contribution < -0.4 is 4.74 Å². The van der Waals surface area contributed by atoms with Gasteiger partial charge in [-0.3, -0.25) is 0 Å². The Hall–Kier alpha value is -1.65. The van der Waals surface area contributed by atoms with Crippen molar-refractivity contribution in [2.75, 3.05) is 33.4 Å². The van der Waals surface area contributed by atoms with Gasteiger partial charge < -0.3 is 14.2 Å². The molecule has 2 fully saturated rings. The minimum absolute atomic E-state index is 0.0805. The average Bonchev–Trinajstić information content (AvgIpc) is 3.22. The van der Waals surface area contributed by atoms with Crippen LogP contribution in [0.2, 0.25) is 0 Å². The number of rotatable bonds is 3. The molecule has 0 amide bonds. The van der Waals surface area contributed by atoms with E-state index in [0.29, 0.717) is 0 Å². The summed E-state index contributed by atoms with van der Waals surface area (Å²) >= 11 is 0. The van der Waals surface area contributed by atoms with Crippen molar-refractivity contribution in [2.45, 2.75) is 43.3 Å². The van der Waals surface area contributed by atoms with Crippen LogP contribution in [0.25, 0.3) is 0 Å². The number of ether oxygens (including phenoxy) is 3. The van der Waals surface area contributed by atoms with E-state index in [1.54, 1.807) is 7.11 Å². The van der Waals surface area contributed by atoms with Gasteiger partial charge in [0, 0.05) is 24.7 Å². The monoisotopic (exact) mass is 354 g/mol. The normalized spacial score (nSPS) is 34.0. The Morgan fingerprint density at radius 3 is 2.85 bits per heavy atom. The average molecular weight is 354 g/mol. The first-order chi connectivity index (χ1) is 12.6. The van der Waals surface area contributed by atoms with Crippen LogP contribution in [0.15, 0.2) is 30.9 Å². The van der Waals surface area contributed by atoms with Crippen molar-refractivity contribution < 1.29 is 18.8 Å². The third kappa shape index (κ3) is 2.12. The molecule has 4 aliphatic rings. The second-order valence-electron chi connectivity index (χ2n) is 8.39. The maximum absolute atomic E-state index is 6.18. The lowest BCUT2D eigenvalue weighted by Gasteiger charge is -2.53. The zero-order chi connectivity index (χ0) is 17.8. The highest BCUT2D eigenvalue weighted by Gasteiger charge is 2.67. The second-order valence-corrected chi connectivity index (χ2v) is 8.39. The summed E-state index contributed by atoms with van der Waals surface area (Å²) in [5.74, 6) is 0.568. The molecule has 2 atom stereocenters. The molecule has 0 N–H and O–H groups in total. The molecule has 0 aromatic heterocycles. The van der Waals surface area contributed by atoms with Gasteiger partial charge in [0.2, 0.25) is 0 Å². The fourth-order valence-electron chi connectivity index (χ4n) is 6.13. The van der Waals surface area contributed by atoms with Gasteiger partial charge >= 0.3 is 0 Å². The molecule has 1 spiro atoms. The zero-order valence-electron chi connectivity index (χ0n) is 15.6. The molecule has 1 saturated heterocycles. The number of nitrogens with zero attached hydrogens (tertiary/aromatic N) is 1. The van der Waals surface area contributed by atoms with Gasteiger partial charge in [-0.2, -0.15) is 0 Å². The molecule has 1 saturated carbocycles. The van der Waals surface area contributed by atoms with Gasteiger partial charge in [0.15, 0.2) is 12.3 Å². The molecule has 26 heavy (non-hydrogen) atoms. The third-order valence-electron chi connectivity index (χ3n) is 7.25. The van der Waals surface area contributed by atoms with Crippen molar-refractivity contribution in [1.29, 1.82) is 0 Å². The Labute approximate surface area is 155 Å². The Morgan fingerprint density at radius 1 is 1.23 bits per heavy atom. The molecule has 2 aliphatic heterocycles. The van der Waals surface area contributed by atoms with Crippen LogP contribution in [0.1, 0.15) is 36.8 Å². The van der Waals surface area contributed by atoms with Crippen LogP contribution in [0.5, 0.6) is 5.75 Å². The lowest BCUT2D eigenvalue weighted by molar-refractivity contribution is -0.527. The largest absolute Gasteiger partial charge is 0.497 e. The molecular formula is C22H28NO3+. The summed E-state index contributed by atoms with van der Waals surface area (Å²) in [6.45, 7) is 7.37. The second kappa shape index (κ2) is 5.67.